The highest BCUT2D eigenvalue weighted by Crippen LogP contribution is 2.27. The molecule has 118 valence electrons. The van der Waals surface area contributed by atoms with Crippen molar-refractivity contribution in [3.8, 4) is 5.75 Å². The zero-order valence-corrected chi connectivity index (χ0v) is 12.1. The summed E-state index contributed by atoms with van der Waals surface area (Å²) in [5.74, 6) is -0.902. The second kappa shape index (κ2) is 7.00. The smallest absolute Gasteiger partial charge is 0.405 e. The van der Waals surface area contributed by atoms with Gasteiger partial charge in [-0.25, -0.2) is 0 Å². The Morgan fingerprint density at radius 3 is 2.62 bits per heavy atom. The van der Waals surface area contributed by atoms with Gasteiger partial charge in [-0.2, -0.15) is 0 Å². The molecule has 0 spiro atoms. The number of carbonyl (C=O) groups excluding carboxylic acids is 1. The first-order valence-electron chi connectivity index (χ1n) is 6.22. The molecule has 1 heterocycles. The predicted octanol–water partition coefficient (Wildman–Crippen LogP) is 2.44. The number of nitrogens with zero attached hydrogens (tertiary/aromatic N) is 1. The van der Waals surface area contributed by atoms with Gasteiger partial charge in [0.05, 0.1) is 5.56 Å². The van der Waals surface area contributed by atoms with Crippen molar-refractivity contribution in [2.24, 2.45) is 0 Å². The van der Waals surface area contributed by atoms with Crippen molar-refractivity contribution >= 4 is 18.3 Å². The molecular formula is C13H16ClF3N2O2. The second-order valence-electron chi connectivity index (χ2n) is 4.57. The fourth-order valence-corrected chi connectivity index (χ4v) is 2.21. The van der Waals surface area contributed by atoms with Gasteiger partial charge in [-0.15, -0.1) is 25.6 Å². The van der Waals surface area contributed by atoms with Crippen molar-refractivity contribution in [2.75, 3.05) is 20.1 Å². The largest absolute Gasteiger partial charge is 0.573 e. The van der Waals surface area contributed by atoms with Gasteiger partial charge in [0.25, 0.3) is 5.91 Å². The van der Waals surface area contributed by atoms with Crippen LogP contribution in [0.2, 0.25) is 0 Å². The number of nitrogens with one attached hydrogen (secondary N) is 1. The number of hydrogen-bond donors (Lipinski definition) is 1. The fourth-order valence-electron chi connectivity index (χ4n) is 2.21. The van der Waals surface area contributed by atoms with Gasteiger partial charge in [0.1, 0.15) is 5.75 Å². The molecule has 1 saturated heterocycles. The Labute approximate surface area is 126 Å². The third-order valence-electron chi connectivity index (χ3n) is 3.23. The third-order valence-corrected chi connectivity index (χ3v) is 3.23. The predicted molar refractivity (Wildman–Crippen MR) is 73.7 cm³/mol. The number of halogens is 4. The van der Waals surface area contributed by atoms with E-state index < -0.39 is 18.0 Å². The Bertz CT molecular complexity index is 497. The summed E-state index contributed by atoms with van der Waals surface area (Å²) in [7, 11) is 1.79. The lowest BCUT2D eigenvalue weighted by molar-refractivity contribution is -0.274. The van der Waals surface area contributed by atoms with Crippen LogP contribution in [0.1, 0.15) is 16.8 Å². The lowest BCUT2D eigenvalue weighted by atomic mass is 10.2. The van der Waals surface area contributed by atoms with Crippen LogP contribution in [0.3, 0.4) is 0 Å². The number of amides is 1. The summed E-state index contributed by atoms with van der Waals surface area (Å²) in [4.78, 5) is 13.8. The quantitative estimate of drug-likeness (QED) is 0.928. The lowest BCUT2D eigenvalue weighted by Gasteiger charge is -2.19. The maximum Gasteiger partial charge on any atom is 0.573 e. The van der Waals surface area contributed by atoms with Crippen LogP contribution in [0.4, 0.5) is 13.2 Å². The lowest BCUT2D eigenvalue weighted by Crippen LogP contribution is -2.34. The summed E-state index contributed by atoms with van der Waals surface area (Å²) in [5.41, 5.74) is -0.0680. The maximum atomic E-state index is 12.3. The topological polar surface area (TPSA) is 41.6 Å². The molecule has 2 rings (SSSR count). The van der Waals surface area contributed by atoms with Gasteiger partial charge in [-0.3, -0.25) is 4.79 Å². The van der Waals surface area contributed by atoms with Crippen LogP contribution in [0.25, 0.3) is 0 Å². The van der Waals surface area contributed by atoms with Gasteiger partial charge >= 0.3 is 6.36 Å². The van der Waals surface area contributed by atoms with E-state index >= 15 is 0 Å². The highest BCUT2D eigenvalue weighted by Gasteiger charge is 2.34. The van der Waals surface area contributed by atoms with Crippen molar-refractivity contribution in [1.29, 1.82) is 0 Å². The first-order valence-corrected chi connectivity index (χ1v) is 6.22. The van der Waals surface area contributed by atoms with Crippen LogP contribution in [-0.4, -0.2) is 43.3 Å². The van der Waals surface area contributed by atoms with E-state index in [-0.39, 0.29) is 24.0 Å². The standard InChI is InChI=1S/C13H15F3N2O2.ClH/c1-17-9-6-7-18(8-9)12(19)10-4-2-3-5-11(10)20-13(14,15)16;/h2-5,9,17H,6-8H2,1H3;1H/t9-;/m0./s1. The second-order valence-corrected chi connectivity index (χ2v) is 4.57. The van der Waals surface area contributed by atoms with Gasteiger partial charge in [-0.05, 0) is 25.6 Å². The van der Waals surface area contributed by atoms with E-state index in [1.807, 2.05) is 0 Å². The number of alkyl halides is 3. The highest BCUT2D eigenvalue weighted by molar-refractivity contribution is 5.97. The average Bonchev–Trinajstić information content (AvgIpc) is 2.85. The van der Waals surface area contributed by atoms with Gasteiger partial charge in [0, 0.05) is 19.1 Å². The van der Waals surface area contributed by atoms with E-state index in [0.29, 0.717) is 13.1 Å². The zero-order chi connectivity index (χ0) is 14.8. The molecule has 0 aromatic heterocycles. The Morgan fingerprint density at radius 2 is 2.05 bits per heavy atom. The molecule has 0 radical (unpaired) electrons. The number of hydrogen-bond acceptors (Lipinski definition) is 3. The Kier molecular flexibility index (Phi) is 5.86. The first-order chi connectivity index (χ1) is 9.40. The SMILES string of the molecule is CN[C@H]1CCN(C(=O)c2ccccc2OC(F)(F)F)C1.Cl. The normalized spacial score (nSPS) is 18.3. The first kappa shape index (κ1) is 17.6. The van der Waals surface area contributed by atoms with Crippen molar-refractivity contribution in [3.63, 3.8) is 0 Å². The van der Waals surface area contributed by atoms with E-state index in [1.54, 1.807) is 7.05 Å². The Balaban J connectivity index is 0.00000220. The van der Waals surface area contributed by atoms with E-state index in [0.717, 1.165) is 12.5 Å². The number of likely N-dealkylation sites (N-methyl/N-ethyl adjacent to an activating group) is 1. The summed E-state index contributed by atoms with van der Waals surface area (Å²) in [6.07, 6.45) is -4.03. The van der Waals surface area contributed by atoms with Crippen molar-refractivity contribution < 1.29 is 22.7 Å². The summed E-state index contributed by atoms with van der Waals surface area (Å²) in [5, 5.41) is 3.05. The van der Waals surface area contributed by atoms with Crippen LogP contribution >= 0.6 is 12.4 Å². The number of benzene rings is 1. The van der Waals surface area contributed by atoms with Crippen LogP contribution < -0.4 is 10.1 Å². The van der Waals surface area contributed by atoms with Crippen molar-refractivity contribution in [1.82, 2.24) is 10.2 Å². The molecule has 1 N–H and O–H groups in total. The van der Waals surface area contributed by atoms with Crippen molar-refractivity contribution in [3.05, 3.63) is 29.8 Å². The molecule has 4 nitrogen and oxygen atoms in total. The molecule has 1 aliphatic heterocycles. The molecule has 1 aromatic carbocycles. The van der Waals surface area contributed by atoms with Crippen LogP contribution in [0.5, 0.6) is 5.75 Å². The molecular weight excluding hydrogens is 309 g/mol. The van der Waals surface area contributed by atoms with Crippen molar-refractivity contribution in [2.45, 2.75) is 18.8 Å². The molecule has 21 heavy (non-hydrogen) atoms. The summed E-state index contributed by atoms with van der Waals surface area (Å²) in [6.45, 7) is 1.00. The molecule has 0 unspecified atom stereocenters. The molecule has 0 aliphatic carbocycles. The number of rotatable bonds is 3. The van der Waals surface area contributed by atoms with Crippen LogP contribution in [0, 0.1) is 0 Å². The van der Waals surface area contributed by atoms with Crippen LogP contribution in [-0.2, 0) is 0 Å². The summed E-state index contributed by atoms with van der Waals surface area (Å²) < 4.78 is 40.9. The monoisotopic (exact) mass is 324 g/mol. The summed E-state index contributed by atoms with van der Waals surface area (Å²) in [6, 6.07) is 5.58. The van der Waals surface area contributed by atoms with E-state index in [1.165, 1.54) is 23.1 Å². The summed E-state index contributed by atoms with van der Waals surface area (Å²) >= 11 is 0. The Morgan fingerprint density at radius 1 is 1.38 bits per heavy atom. The third kappa shape index (κ3) is 4.50. The molecule has 1 aromatic rings. The maximum absolute atomic E-state index is 12.3. The number of likely N-dealkylation sites (tertiary alicyclic amines) is 1. The molecule has 1 aliphatic rings. The minimum atomic E-state index is -4.81. The van der Waals surface area contributed by atoms with Crippen LogP contribution in [0.15, 0.2) is 24.3 Å². The minimum Gasteiger partial charge on any atom is -0.405 e. The molecule has 1 fully saturated rings. The van der Waals surface area contributed by atoms with E-state index in [4.69, 9.17) is 0 Å². The fraction of sp³-hybridized carbons (Fsp3) is 0.462. The van der Waals surface area contributed by atoms with Gasteiger partial charge in [0.15, 0.2) is 0 Å². The van der Waals surface area contributed by atoms with Gasteiger partial charge in [-0.1, -0.05) is 12.1 Å². The zero-order valence-electron chi connectivity index (χ0n) is 11.3. The van der Waals surface area contributed by atoms with Gasteiger partial charge in [0.2, 0.25) is 0 Å². The molecule has 8 heteroatoms. The highest BCUT2D eigenvalue weighted by atomic mass is 35.5. The average molecular weight is 325 g/mol. The number of carbonyl (C=O) groups is 1. The molecule has 1 atom stereocenters. The van der Waals surface area contributed by atoms with E-state index in [2.05, 4.69) is 10.1 Å². The number of ether oxygens (including phenoxy) is 1. The van der Waals surface area contributed by atoms with Gasteiger partial charge < -0.3 is 15.0 Å². The molecule has 0 bridgehead atoms. The number of para-hydroxylation sites is 1. The van der Waals surface area contributed by atoms with E-state index in [9.17, 15) is 18.0 Å². The molecule has 0 saturated carbocycles. The minimum absolute atomic E-state index is 0. The molecule has 1 amide bonds. The Hall–Kier alpha value is -1.47.